The Morgan fingerprint density at radius 1 is 1.33 bits per heavy atom. The minimum Gasteiger partial charge on any atom is -0.394 e. The fourth-order valence-electron chi connectivity index (χ4n) is 1.87. The highest BCUT2D eigenvalue weighted by atomic mass is 16.9. The van der Waals surface area contributed by atoms with E-state index in [2.05, 4.69) is 0 Å². The predicted molar refractivity (Wildman–Crippen MR) is 47.7 cm³/mol. The molecule has 6 heteroatoms. The van der Waals surface area contributed by atoms with Crippen molar-refractivity contribution in [3.63, 3.8) is 0 Å². The van der Waals surface area contributed by atoms with Crippen LogP contribution in [0, 0.1) is 0 Å². The number of aliphatic hydroxyl groups excluding tert-OH is 2. The van der Waals surface area contributed by atoms with Crippen LogP contribution >= 0.6 is 0 Å². The number of hydrogen-bond donors (Lipinski definition) is 2. The van der Waals surface area contributed by atoms with E-state index in [4.69, 9.17) is 24.1 Å². The highest BCUT2D eigenvalue weighted by molar-refractivity contribution is 4.88. The summed E-state index contributed by atoms with van der Waals surface area (Å²) in [6.07, 6.45) is -2.41. The minimum absolute atomic E-state index is 0.101. The molecular weight excluding hydrogens is 204 g/mol. The van der Waals surface area contributed by atoms with Crippen molar-refractivity contribution in [2.45, 2.75) is 44.4 Å². The Morgan fingerprint density at radius 3 is 2.73 bits per heavy atom. The van der Waals surface area contributed by atoms with Gasteiger partial charge in [-0.1, -0.05) is 0 Å². The Balaban J connectivity index is 2.04. The van der Waals surface area contributed by atoms with E-state index in [-0.39, 0.29) is 19.3 Å². The first-order chi connectivity index (χ1) is 7.06. The summed E-state index contributed by atoms with van der Waals surface area (Å²) in [4.78, 5) is 0. The van der Waals surface area contributed by atoms with E-state index in [0.29, 0.717) is 0 Å². The Bertz CT molecular complexity index is 235. The normalized spacial score (nSPS) is 49.6. The summed E-state index contributed by atoms with van der Waals surface area (Å²) < 4.78 is 21.3. The van der Waals surface area contributed by atoms with Gasteiger partial charge in [-0.15, -0.1) is 0 Å². The molecule has 3 unspecified atom stereocenters. The summed E-state index contributed by atoms with van der Waals surface area (Å²) in [5, 5.41) is 18.4. The Hall–Kier alpha value is -0.240. The standard InChI is InChI=1S/C9H16O6/c1-5-6(11)7-8(12-4-3-10)15-9(2,13-5)14-7/h5-8,10-11H,3-4H2,1-2H3/t5-,6?,7?,8+,9?/m0/s1. The largest absolute Gasteiger partial charge is 0.394 e. The molecule has 5 atom stereocenters. The van der Waals surface area contributed by atoms with Gasteiger partial charge in [0.2, 0.25) is 0 Å². The first-order valence-electron chi connectivity index (χ1n) is 5.00. The third-order valence-electron chi connectivity index (χ3n) is 2.54. The second-order valence-electron chi connectivity index (χ2n) is 3.84. The van der Waals surface area contributed by atoms with E-state index >= 15 is 0 Å². The van der Waals surface area contributed by atoms with Gasteiger partial charge in [0.05, 0.1) is 19.3 Å². The molecule has 2 bridgehead atoms. The fraction of sp³-hybridized carbons (Fsp3) is 1.00. The molecular formula is C9H16O6. The molecule has 0 amide bonds. The quantitative estimate of drug-likeness (QED) is 0.647. The zero-order valence-corrected chi connectivity index (χ0v) is 8.75. The maximum absolute atomic E-state index is 9.78. The average Bonchev–Trinajstić information content (AvgIpc) is 2.46. The van der Waals surface area contributed by atoms with Gasteiger partial charge in [0.15, 0.2) is 6.29 Å². The monoisotopic (exact) mass is 220 g/mol. The van der Waals surface area contributed by atoms with Crippen LogP contribution in [0.4, 0.5) is 0 Å². The van der Waals surface area contributed by atoms with Gasteiger partial charge in [0.25, 0.3) is 5.97 Å². The van der Waals surface area contributed by atoms with Crippen molar-refractivity contribution in [2.24, 2.45) is 0 Å². The molecule has 2 saturated heterocycles. The molecule has 2 aliphatic heterocycles. The lowest BCUT2D eigenvalue weighted by atomic mass is 10.1. The number of aliphatic hydroxyl groups is 2. The van der Waals surface area contributed by atoms with Gasteiger partial charge in [0, 0.05) is 6.92 Å². The Kier molecular flexibility index (Phi) is 2.98. The SMILES string of the molecule is C[C@@H]1OC2(C)OC(C1O)[C@H](OCCO)O2. The molecule has 88 valence electrons. The molecule has 0 aliphatic carbocycles. The summed E-state index contributed by atoms with van der Waals surface area (Å²) >= 11 is 0. The van der Waals surface area contributed by atoms with Crippen LogP contribution < -0.4 is 0 Å². The third-order valence-corrected chi connectivity index (χ3v) is 2.54. The van der Waals surface area contributed by atoms with E-state index in [0.717, 1.165) is 0 Å². The molecule has 0 spiro atoms. The van der Waals surface area contributed by atoms with Crippen LogP contribution in [0.3, 0.4) is 0 Å². The predicted octanol–water partition coefficient (Wildman–Crippen LogP) is -0.810. The second-order valence-corrected chi connectivity index (χ2v) is 3.84. The summed E-state index contributed by atoms with van der Waals surface area (Å²) in [5.41, 5.74) is 0. The van der Waals surface area contributed by atoms with Crippen molar-refractivity contribution in [1.29, 1.82) is 0 Å². The highest BCUT2D eigenvalue weighted by Crippen LogP contribution is 2.38. The molecule has 0 radical (unpaired) electrons. The van der Waals surface area contributed by atoms with Gasteiger partial charge in [-0.05, 0) is 6.92 Å². The van der Waals surface area contributed by atoms with E-state index in [1.165, 1.54) is 0 Å². The molecule has 0 saturated carbocycles. The molecule has 2 heterocycles. The Labute approximate surface area is 87.7 Å². The topological polar surface area (TPSA) is 77.4 Å². The Morgan fingerprint density at radius 2 is 2.07 bits per heavy atom. The van der Waals surface area contributed by atoms with Crippen LogP contribution in [0.2, 0.25) is 0 Å². The van der Waals surface area contributed by atoms with Crippen LogP contribution in [0.5, 0.6) is 0 Å². The minimum atomic E-state index is -1.15. The smallest absolute Gasteiger partial charge is 0.283 e. The molecule has 6 nitrogen and oxygen atoms in total. The lowest BCUT2D eigenvalue weighted by Gasteiger charge is -2.34. The van der Waals surface area contributed by atoms with Gasteiger partial charge in [0.1, 0.15) is 12.2 Å². The maximum Gasteiger partial charge on any atom is 0.283 e. The van der Waals surface area contributed by atoms with Gasteiger partial charge < -0.3 is 24.4 Å². The average molecular weight is 220 g/mol. The molecule has 0 aromatic carbocycles. The number of hydrogen-bond acceptors (Lipinski definition) is 6. The van der Waals surface area contributed by atoms with Crippen molar-refractivity contribution in [3.05, 3.63) is 0 Å². The number of fused-ring (bicyclic) bond motifs is 2. The maximum atomic E-state index is 9.78. The van der Waals surface area contributed by atoms with Crippen LogP contribution in [0.1, 0.15) is 13.8 Å². The summed E-state index contributed by atoms with van der Waals surface area (Å²) in [7, 11) is 0. The number of rotatable bonds is 3. The van der Waals surface area contributed by atoms with Crippen LogP contribution in [0.15, 0.2) is 0 Å². The molecule has 2 fully saturated rings. The number of ether oxygens (including phenoxy) is 4. The highest BCUT2D eigenvalue weighted by Gasteiger charge is 2.56. The summed E-state index contributed by atoms with van der Waals surface area (Å²) in [6.45, 7) is 3.42. The third kappa shape index (κ3) is 2.01. The second kappa shape index (κ2) is 3.97. The van der Waals surface area contributed by atoms with Gasteiger partial charge in [-0.3, -0.25) is 4.74 Å². The van der Waals surface area contributed by atoms with Crippen LogP contribution in [-0.4, -0.2) is 54.0 Å². The van der Waals surface area contributed by atoms with Crippen molar-refractivity contribution in [2.75, 3.05) is 13.2 Å². The van der Waals surface area contributed by atoms with Crippen molar-refractivity contribution < 1.29 is 29.2 Å². The molecule has 0 aromatic heterocycles. The zero-order chi connectivity index (χ0) is 11.1. The van der Waals surface area contributed by atoms with Gasteiger partial charge in [-0.25, -0.2) is 0 Å². The molecule has 15 heavy (non-hydrogen) atoms. The van der Waals surface area contributed by atoms with E-state index in [1.54, 1.807) is 13.8 Å². The van der Waals surface area contributed by atoms with Crippen molar-refractivity contribution in [1.82, 2.24) is 0 Å². The van der Waals surface area contributed by atoms with E-state index in [1.807, 2.05) is 0 Å². The van der Waals surface area contributed by atoms with Crippen LogP contribution in [0.25, 0.3) is 0 Å². The molecule has 0 aromatic rings. The van der Waals surface area contributed by atoms with Gasteiger partial charge >= 0.3 is 0 Å². The lowest BCUT2D eigenvalue weighted by molar-refractivity contribution is -0.382. The molecule has 2 aliphatic rings. The molecule has 2 rings (SSSR count). The van der Waals surface area contributed by atoms with Crippen molar-refractivity contribution in [3.8, 4) is 0 Å². The van der Waals surface area contributed by atoms with Crippen LogP contribution in [-0.2, 0) is 18.9 Å². The van der Waals surface area contributed by atoms with Gasteiger partial charge in [-0.2, -0.15) is 0 Å². The summed E-state index contributed by atoms with van der Waals surface area (Å²) in [6, 6.07) is 0. The molecule has 2 N–H and O–H groups in total. The van der Waals surface area contributed by atoms with Crippen molar-refractivity contribution >= 4 is 0 Å². The zero-order valence-electron chi connectivity index (χ0n) is 8.75. The first kappa shape index (κ1) is 11.3. The first-order valence-corrected chi connectivity index (χ1v) is 5.00. The fourth-order valence-corrected chi connectivity index (χ4v) is 1.87. The lowest BCUT2D eigenvalue weighted by Crippen LogP contribution is -2.50. The van der Waals surface area contributed by atoms with E-state index in [9.17, 15) is 5.11 Å². The summed E-state index contributed by atoms with van der Waals surface area (Å²) in [5.74, 6) is -1.15. The van der Waals surface area contributed by atoms with E-state index < -0.39 is 24.5 Å².